The van der Waals surface area contributed by atoms with Crippen molar-refractivity contribution in [3.05, 3.63) is 28.8 Å². The molecule has 2 saturated carbocycles. The van der Waals surface area contributed by atoms with E-state index in [1.165, 1.54) is 121 Å². The van der Waals surface area contributed by atoms with Crippen molar-refractivity contribution in [1.29, 1.82) is 0 Å². The van der Waals surface area contributed by atoms with Crippen molar-refractivity contribution in [2.45, 2.75) is 135 Å². The molecule has 0 aliphatic heterocycles. The quantitative estimate of drug-likeness (QED) is 0.243. The van der Waals surface area contributed by atoms with E-state index in [-0.39, 0.29) is 0 Å². The summed E-state index contributed by atoms with van der Waals surface area (Å²) in [4.78, 5) is 0. The average molecular weight is 475 g/mol. The normalized spacial score (nSPS) is 25.8. The Bertz CT molecular complexity index is 640. The zero-order chi connectivity index (χ0) is 23.3. The molecular formula is C31H51ClO. The third kappa shape index (κ3) is 9.46. The van der Waals surface area contributed by atoms with Crippen molar-refractivity contribution in [2.24, 2.45) is 17.8 Å². The highest BCUT2D eigenvalue weighted by Crippen LogP contribution is 2.41. The Morgan fingerprint density at radius 1 is 0.697 bits per heavy atom. The van der Waals surface area contributed by atoms with Crippen molar-refractivity contribution in [2.75, 3.05) is 6.61 Å². The Morgan fingerprint density at radius 2 is 1.30 bits per heavy atom. The van der Waals surface area contributed by atoms with E-state index in [1.807, 2.05) is 0 Å². The Balaban J connectivity index is 1.28. The summed E-state index contributed by atoms with van der Waals surface area (Å²) in [5.74, 6) is 4.49. The second-order valence-electron chi connectivity index (χ2n) is 11.3. The summed E-state index contributed by atoms with van der Waals surface area (Å²) < 4.78 is 6.09. The molecule has 33 heavy (non-hydrogen) atoms. The Labute approximate surface area is 210 Å². The van der Waals surface area contributed by atoms with Gasteiger partial charge in [-0.25, -0.2) is 0 Å². The minimum absolute atomic E-state index is 0.645. The molecule has 2 fully saturated rings. The van der Waals surface area contributed by atoms with Crippen LogP contribution in [0.15, 0.2) is 18.2 Å². The average Bonchev–Trinajstić information content (AvgIpc) is 2.83. The molecule has 3 rings (SSSR count). The Kier molecular flexibility index (Phi) is 12.5. The summed E-state index contributed by atoms with van der Waals surface area (Å²) >= 11 is 6.69. The maximum absolute atomic E-state index is 6.69. The second kappa shape index (κ2) is 15.3. The summed E-state index contributed by atoms with van der Waals surface area (Å²) in [6, 6.07) is 6.47. The summed E-state index contributed by atoms with van der Waals surface area (Å²) in [6.45, 7) is 5.44. The summed E-state index contributed by atoms with van der Waals surface area (Å²) in [5, 5.41) is 0.916. The summed E-state index contributed by atoms with van der Waals surface area (Å²) in [6.07, 6.45) is 25.0. The smallest absolute Gasteiger partial charge is 0.120 e. The van der Waals surface area contributed by atoms with Crippen LogP contribution in [0, 0.1) is 17.8 Å². The van der Waals surface area contributed by atoms with E-state index in [0.29, 0.717) is 5.92 Å². The number of halogens is 1. The monoisotopic (exact) mass is 474 g/mol. The topological polar surface area (TPSA) is 9.23 Å². The van der Waals surface area contributed by atoms with Crippen LogP contribution in [0.1, 0.15) is 141 Å². The fourth-order valence-corrected chi connectivity index (χ4v) is 6.83. The minimum Gasteiger partial charge on any atom is -0.494 e. The van der Waals surface area contributed by atoms with Gasteiger partial charge < -0.3 is 4.74 Å². The number of unbranched alkanes of at least 4 members (excludes halogenated alkanes) is 4. The van der Waals surface area contributed by atoms with Crippen LogP contribution < -0.4 is 4.74 Å². The second-order valence-corrected chi connectivity index (χ2v) is 11.7. The fraction of sp³-hybridized carbons (Fsp3) is 0.806. The van der Waals surface area contributed by atoms with Crippen LogP contribution >= 0.6 is 11.6 Å². The van der Waals surface area contributed by atoms with E-state index in [4.69, 9.17) is 16.3 Å². The van der Waals surface area contributed by atoms with Gasteiger partial charge in [-0.3, -0.25) is 0 Å². The zero-order valence-electron chi connectivity index (χ0n) is 21.8. The van der Waals surface area contributed by atoms with Gasteiger partial charge in [0, 0.05) is 5.02 Å². The van der Waals surface area contributed by atoms with Crippen LogP contribution in [0.25, 0.3) is 0 Å². The van der Waals surface area contributed by atoms with Gasteiger partial charge in [0.05, 0.1) is 6.61 Å². The highest BCUT2D eigenvalue weighted by Gasteiger charge is 2.24. The van der Waals surface area contributed by atoms with E-state index in [1.54, 1.807) is 0 Å². The first kappa shape index (κ1) is 26.9. The molecule has 2 aliphatic rings. The first-order valence-electron chi connectivity index (χ1n) is 14.6. The fourth-order valence-electron chi connectivity index (χ4n) is 6.51. The van der Waals surface area contributed by atoms with Crippen LogP contribution in [-0.2, 0) is 0 Å². The molecule has 0 amide bonds. The van der Waals surface area contributed by atoms with Gasteiger partial charge in [0.1, 0.15) is 5.75 Å². The molecule has 1 aromatic rings. The number of benzene rings is 1. The van der Waals surface area contributed by atoms with Crippen LogP contribution in [0.5, 0.6) is 5.75 Å². The van der Waals surface area contributed by atoms with Crippen molar-refractivity contribution in [3.8, 4) is 5.75 Å². The van der Waals surface area contributed by atoms with Crippen molar-refractivity contribution in [3.63, 3.8) is 0 Å². The maximum Gasteiger partial charge on any atom is 0.120 e. The lowest BCUT2D eigenvalue weighted by Gasteiger charge is -2.29. The van der Waals surface area contributed by atoms with Gasteiger partial charge in [0.15, 0.2) is 0 Å². The molecular weight excluding hydrogens is 424 g/mol. The largest absolute Gasteiger partial charge is 0.494 e. The molecule has 0 radical (unpaired) electrons. The van der Waals surface area contributed by atoms with Crippen LogP contribution in [0.3, 0.4) is 0 Å². The van der Waals surface area contributed by atoms with Crippen molar-refractivity contribution < 1.29 is 4.74 Å². The molecule has 1 nitrogen and oxygen atoms in total. The number of rotatable bonds is 14. The Morgan fingerprint density at radius 3 is 1.94 bits per heavy atom. The molecule has 188 valence electrons. The predicted octanol–water partition coefficient (Wildman–Crippen LogP) is 10.7. The van der Waals surface area contributed by atoms with Crippen LogP contribution in [0.4, 0.5) is 0 Å². The lowest BCUT2D eigenvalue weighted by atomic mass is 9.77. The molecule has 0 heterocycles. The van der Waals surface area contributed by atoms with Crippen LogP contribution in [-0.4, -0.2) is 6.61 Å². The van der Waals surface area contributed by atoms with Gasteiger partial charge >= 0.3 is 0 Å². The highest BCUT2D eigenvalue weighted by molar-refractivity contribution is 6.31. The van der Waals surface area contributed by atoms with Crippen molar-refractivity contribution in [1.82, 2.24) is 0 Å². The highest BCUT2D eigenvalue weighted by atomic mass is 35.5. The third-order valence-corrected chi connectivity index (χ3v) is 8.99. The third-order valence-electron chi connectivity index (χ3n) is 8.66. The number of hydrogen-bond donors (Lipinski definition) is 0. The van der Waals surface area contributed by atoms with E-state index >= 15 is 0 Å². The number of ether oxygens (including phenoxy) is 1. The van der Waals surface area contributed by atoms with Gasteiger partial charge in [-0.05, 0) is 79.9 Å². The molecule has 0 bridgehead atoms. The van der Waals surface area contributed by atoms with Gasteiger partial charge in [-0.2, -0.15) is 0 Å². The van der Waals surface area contributed by atoms with E-state index in [0.717, 1.165) is 35.1 Å². The van der Waals surface area contributed by atoms with E-state index in [9.17, 15) is 0 Å². The predicted molar refractivity (Wildman–Crippen MR) is 145 cm³/mol. The molecule has 0 aromatic heterocycles. The van der Waals surface area contributed by atoms with Gasteiger partial charge in [-0.15, -0.1) is 0 Å². The van der Waals surface area contributed by atoms with Crippen molar-refractivity contribution >= 4 is 11.6 Å². The summed E-state index contributed by atoms with van der Waals surface area (Å²) in [5.41, 5.74) is 1.35. The standard InChI is InChI=1S/C31H51ClO/c1-3-5-6-7-8-11-26-13-15-27(16-14-26)12-9-23-33-29-21-22-30(31(32)24-29)28-19-17-25(10-4-2)18-20-28/h21-22,24-28H,3-20,23H2,1-2H3. The van der Waals surface area contributed by atoms with Crippen LogP contribution in [0.2, 0.25) is 5.02 Å². The molecule has 1 aromatic carbocycles. The molecule has 0 spiro atoms. The SMILES string of the molecule is CCCCCCCC1CCC(CCCOc2ccc(C3CCC(CCC)CC3)c(Cl)c2)CC1. The zero-order valence-corrected chi connectivity index (χ0v) is 22.5. The first-order valence-corrected chi connectivity index (χ1v) is 15.0. The number of hydrogen-bond acceptors (Lipinski definition) is 1. The minimum atomic E-state index is 0.645. The lowest BCUT2D eigenvalue weighted by molar-refractivity contribution is 0.228. The van der Waals surface area contributed by atoms with E-state index in [2.05, 4.69) is 32.0 Å². The van der Waals surface area contributed by atoms with E-state index < -0.39 is 0 Å². The molecule has 0 N–H and O–H groups in total. The summed E-state index contributed by atoms with van der Waals surface area (Å²) in [7, 11) is 0. The molecule has 0 atom stereocenters. The first-order chi connectivity index (χ1) is 16.2. The molecule has 2 aliphatic carbocycles. The lowest BCUT2D eigenvalue weighted by Crippen LogP contribution is -2.15. The maximum atomic E-state index is 6.69. The molecule has 0 unspecified atom stereocenters. The molecule has 0 saturated heterocycles. The van der Waals surface area contributed by atoms with Gasteiger partial charge in [0.2, 0.25) is 0 Å². The van der Waals surface area contributed by atoms with Gasteiger partial charge in [0.25, 0.3) is 0 Å². The molecule has 2 heteroatoms. The Hall–Kier alpha value is -0.690. The van der Waals surface area contributed by atoms with Gasteiger partial charge in [-0.1, -0.05) is 109 Å².